The zero-order valence-electron chi connectivity index (χ0n) is 13.7. The number of rotatable bonds is 5. The summed E-state index contributed by atoms with van der Waals surface area (Å²) in [5.74, 6) is -0.648. The van der Waals surface area contributed by atoms with E-state index in [9.17, 15) is 18.3 Å². The van der Waals surface area contributed by atoms with E-state index >= 15 is 0 Å². The summed E-state index contributed by atoms with van der Waals surface area (Å²) in [4.78, 5) is 12.5. The van der Waals surface area contributed by atoms with Crippen molar-refractivity contribution in [3.05, 3.63) is 11.8 Å². The van der Waals surface area contributed by atoms with Crippen molar-refractivity contribution in [2.75, 3.05) is 18.5 Å². The monoisotopic (exact) mass is 358 g/mol. The molecule has 1 saturated carbocycles. The quantitative estimate of drug-likeness (QED) is 0.805. The number of nitrogens with zero attached hydrogens (tertiary/aromatic N) is 1. The Labute approximate surface area is 140 Å². The van der Waals surface area contributed by atoms with Crippen LogP contribution in [0.4, 0.5) is 5.88 Å². The molecular formula is C15H22N2O6S. The number of ether oxygens (including phenoxy) is 1. The number of amides is 1. The first-order valence-corrected chi connectivity index (χ1v) is 9.54. The second-order valence-electron chi connectivity index (χ2n) is 6.93. The predicted octanol–water partition coefficient (Wildman–Crippen LogP) is 0.967. The molecule has 1 amide bonds. The van der Waals surface area contributed by atoms with Crippen LogP contribution in [0.1, 0.15) is 45.2 Å². The van der Waals surface area contributed by atoms with Crippen LogP contribution in [0.5, 0.6) is 0 Å². The molecular weight excluding hydrogens is 336 g/mol. The highest BCUT2D eigenvalue weighted by Gasteiger charge is 2.48. The lowest BCUT2D eigenvalue weighted by Crippen LogP contribution is -2.50. The first-order chi connectivity index (χ1) is 11.2. The molecule has 1 aliphatic carbocycles. The van der Waals surface area contributed by atoms with Gasteiger partial charge in [0, 0.05) is 19.3 Å². The first-order valence-electron chi connectivity index (χ1n) is 7.99. The van der Waals surface area contributed by atoms with Gasteiger partial charge in [0.15, 0.2) is 9.84 Å². The van der Waals surface area contributed by atoms with Crippen molar-refractivity contribution < 1.29 is 27.6 Å². The van der Waals surface area contributed by atoms with E-state index in [4.69, 9.17) is 9.26 Å². The molecule has 1 saturated heterocycles. The summed E-state index contributed by atoms with van der Waals surface area (Å²) in [6, 6.07) is 1.43. The molecule has 1 aromatic heterocycles. The summed E-state index contributed by atoms with van der Waals surface area (Å²) >= 11 is 0. The minimum absolute atomic E-state index is 0.0329. The first kappa shape index (κ1) is 17.4. The fourth-order valence-corrected chi connectivity index (χ4v) is 4.68. The van der Waals surface area contributed by atoms with Crippen molar-refractivity contribution in [2.45, 2.75) is 55.1 Å². The normalized spacial score (nSPS) is 21.5. The summed E-state index contributed by atoms with van der Waals surface area (Å²) in [6.45, 7) is 3.54. The van der Waals surface area contributed by atoms with Gasteiger partial charge in [-0.1, -0.05) is 5.16 Å². The van der Waals surface area contributed by atoms with Gasteiger partial charge in [0.2, 0.25) is 11.8 Å². The summed E-state index contributed by atoms with van der Waals surface area (Å²) in [7, 11) is -3.69. The summed E-state index contributed by atoms with van der Waals surface area (Å²) in [6.07, 6.45) is 1.96. The minimum atomic E-state index is -3.69. The number of hydrogen-bond donors (Lipinski definition) is 2. The Morgan fingerprint density at radius 2 is 2.00 bits per heavy atom. The molecule has 2 fully saturated rings. The van der Waals surface area contributed by atoms with E-state index in [1.807, 2.05) is 0 Å². The maximum atomic E-state index is 12.8. The molecule has 24 heavy (non-hydrogen) atoms. The lowest BCUT2D eigenvalue weighted by atomic mass is 10.2. The molecule has 8 nitrogen and oxygen atoms in total. The van der Waals surface area contributed by atoms with Crippen LogP contribution in [0.15, 0.2) is 10.6 Å². The van der Waals surface area contributed by atoms with Crippen LogP contribution in [0.25, 0.3) is 0 Å². The van der Waals surface area contributed by atoms with Gasteiger partial charge in [-0.3, -0.25) is 10.1 Å². The molecule has 2 aliphatic rings. The molecule has 134 valence electrons. The van der Waals surface area contributed by atoms with Gasteiger partial charge >= 0.3 is 0 Å². The Morgan fingerprint density at radius 3 is 2.58 bits per heavy atom. The molecule has 0 unspecified atom stereocenters. The molecule has 0 atom stereocenters. The van der Waals surface area contributed by atoms with E-state index in [-0.39, 0.29) is 5.88 Å². The Balaban J connectivity index is 1.73. The average molecular weight is 358 g/mol. The molecule has 0 radical (unpaired) electrons. The number of nitrogens with one attached hydrogen (secondary N) is 1. The third kappa shape index (κ3) is 2.96. The van der Waals surface area contributed by atoms with Gasteiger partial charge in [0.05, 0.1) is 5.25 Å². The number of aliphatic hydroxyl groups is 1. The molecule has 0 aromatic carbocycles. The highest BCUT2D eigenvalue weighted by Crippen LogP contribution is 2.45. The molecule has 2 N–H and O–H groups in total. The van der Waals surface area contributed by atoms with E-state index in [2.05, 4.69) is 10.5 Å². The third-order valence-corrected chi connectivity index (χ3v) is 7.77. The third-order valence-electron chi connectivity index (χ3n) is 4.81. The van der Waals surface area contributed by atoms with Crippen LogP contribution in [-0.4, -0.2) is 47.8 Å². The molecule has 2 heterocycles. The number of sulfone groups is 1. The average Bonchev–Trinajstić information content (AvgIpc) is 3.12. The summed E-state index contributed by atoms with van der Waals surface area (Å²) in [5, 5.41) is 15.6. The molecule has 9 heteroatoms. The summed E-state index contributed by atoms with van der Waals surface area (Å²) < 4.78 is 34.2. The van der Waals surface area contributed by atoms with Crippen LogP contribution < -0.4 is 5.32 Å². The number of hydrogen-bond acceptors (Lipinski definition) is 7. The van der Waals surface area contributed by atoms with Gasteiger partial charge < -0.3 is 14.4 Å². The minimum Gasteiger partial charge on any atom is -0.383 e. The smallest absolute Gasteiger partial charge is 0.247 e. The Morgan fingerprint density at radius 1 is 1.38 bits per heavy atom. The zero-order valence-corrected chi connectivity index (χ0v) is 14.6. The number of carbonyl (C=O) groups excluding carboxylic acids is 1. The lowest BCUT2D eigenvalue weighted by Gasteiger charge is -2.30. The van der Waals surface area contributed by atoms with Gasteiger partial charge in [-0.2, -0.15) is 0 Å². The summed E-state index contributed by atoms with van der Waals surface area (Å²) in [5.41, 5.74) is -0.626. The maximum absolute atomic E-state index is 12.8. The standard InChI is InChI=1S/C15H22N2O6S/c1-14(2,24(20,21)10-3-7-22-8-4-10)13(18)16-12-9-11(17-23-12)15(19)5-6-15/h9-10,19H,3-8H2,1-2H3,(H,16,18). The van der Waals surface area contributed by atoms with Gasteiger partial charge in [-0.15, -0.1) is 0 Å². The Kier molecular flexibility index (Phi) is 4.21. The molecule has 1 aromatic rings. The van der Waals surface area contributed by atoms with E-state index in [0.717, 1.165) is 0 Å². The van der Waals surface area contributed by atoms with Gasteiger partial charge in [0.25, 0.3) is 0 Å². The van der Waals surface area contributed by atoms with Crippen molar-refractivity contribution in [3.8, 4) is 0 Å². The van der Waals surface area contributed by atoms with Gasteiger partial charge in [-0.05, 0) is 39.5 Å². The van der Waals surface area contributed by atoms with Crippen molar-refractivity contribution in [1.29, 1.82) is 0 Å². The van der Waals surface area contributed by atoms with Crippen LogP contribution >= 0.6 is 0 Å². The Hall–Kier alpha value is -1.45. The highest BCUT2D eigenvalue weighted by atomic mass is 32.2. The fourth-order valence-electron chi connectivity index (χ4n) is 2.72. The van der Waals surface area contributed by atoms with Crippen molar-refractivity contribution in [2.24, 2.45) is 0 Å². The molecule has 0 spiro atoms. The zero-order chi connectivity index (χ0) is 17.6. The molecule has 0 bridgehead atoms. The maximum Gasteiger partial charge on any atom is 0.247 e. The van der Waals surface area contributed by atoms with E-state index in [1.54, 1.807) is 0 Å². The highest BCUT2D eigenvalue weighted by molar-refractivity contribution is 7.94. The van der Waals surface area contributed by atoms with Crippen molar-refractivity contribution in [1.82, 2.24) is 5.16 Å². The second-order valence-corrected chi connectivity index (χ2v) is 9.71. The van der Waals surface area contributed by atoms with Crippen molar-refractivity contribution in [3.63, 3.8) is 0 Å². The largest absolute Gasteiger partial charge is 0.383 e. The van der Waals surface area contributed by atoms with E-state index < -0.39 is 31.3 Å². The van der Waals surface area contributed by atoms with Crippen LogP contribution in [-0.2, 0) is 25.0 Å². The van der Waals surface area contributed by atoms with Crippen molar-refractivity contribution >= 4 is 21.6 Å². The molecule has 3 rings (SSSR count). The Bertz CT molecular complexity index is 729. The van der Waals surface area contributed by atoms with Gasteiger partial charge in [0.1, 0.15) is 16.0 Å². The molecule has 1 aliphatic heterocycles. The number of aromatic nitrogens is 1. The van der Waals surface area contributed by atoms with Crippen LogP contribution in [0, 0.1) is 0 Å². The lowest BCUT2D eigenvalue weighted by molar-refractivity contribution is -0.118. The predicted molar refractivity (Wildman–Crippen MR) is 85.1 cm³/mol. The fraction of sp³-hybridized carbons (Fsp3) is 0.733. The number of anilines is 1. The SMILES string of the molecule is CC(C)(C(=O)Nc1cc(C2(O)CC2)no1)S(=O)(=O)C1CCOCC1. The topological polar surface area (TPSA) is 119 Å². The van der Waals surface area contributed by atoms with Crippen LogP contribution in [0.2, 0.25) is 0 Å². The van der Waals surface area contributed by atoms with Gasteiger partial charge in [-0.25, -0.2) is 8.42 Å². The van der Waals surface area contributed by atoms with Crippen LogP contribution in [0.3, 0.4) is 0 Å². The van der Waals surface area contributed by atoms with E-state index in [1.165, 1.54) is 19.9 Å². The second kappa shape index (κ2) is 5.82. The number of carbonyl (C=O) groups is 1. The van der Waals surface area contributed by atoms with E-state index in [0.29, 0.717) is 44.6 Å².